The van der Waals surface area contributed by atoms with Crippen molar-refractivity contribution in [3.8, 4) is 0 Å². The van der Waals surface area contributed by atoms with E-state index in [0.717, 1.165) is 17.2 Å². The van der Waals surface area contributed by atoms with Gasteiger partial charge < -0.3 is 15.0 Å². The van der Waals surface area contributed by atoms with Crippen LogP contribution in [0.5, 0.6) is 0 Å². The molecule has 168 valence electrons. The van der Waals surface area contributed by atoms with Gasteiger partial charge in [0, 0.05) is 18.7 Å². The fraction of sp³-hybridized carbons (Fsp3) is 0.269. The number of hydrogen-bond donors (Lipinski definition) is 1. The van der Waals surface area contributed by atoms with Crippen molar-refractivity contribution >= 4 is 40.1 Å². The Balaban J connectivity index is 1.32. The average Bonchev–Trinajstić information content (AvgIpc) is 3.29. The number of fused-ring (bicyclic) bond motifs is 1. The Morgan fingerprint density at radius 2 is 1.73 bits per heavy atom. The number of carbonyl (C=O) groups excluding carboxylic acids is 3. The van der Waals surface area contributed by atoms with Crippen molar-refractivity contribution in [2.45, 2.75) is 12.8 Å². The quantitative estimate of drug-likeness (QED) is 0.653. The van der Waals surface area contributed by atoms with E-state index in [9.17, 15) is 14.4 Å². The van der Waals surface area contributed by atoms with Crippen molar-refractivity contribution in [3.63, 3.8) is 0 Å². The van der Waals surface area contributed by atoms with Crippen molar-refractivity contribution < 1.29 is 19.1 Å². The molecule has 0 aromatic heterocycles. The zero-order valence-electron chi connectivity index (χ0n) is 18.2. The number of ether oxygens (including phenoxy) is 1. The molecule has 7 heteroatoms. The van der Waals surface area contributed by atoms with E-state index in [-0.39, 0.29) is 17.7 Å². The van der Waals surface area contributed by atoms with Gasteiger partial charge in [0.15, 0.2) is 0 Å². The topological polar surface area (TPSA) is 79.0 Å². The van der Waals surface area contributed by atoms with E-state index in [0.29, 0.717) is 49.6 Å². The van der Waals surface area contributed by atoms with E-state index in [4.69, 9.17) is 4.74 Å². The number of carbonyl (C=O) groups is 3. The molecule has 2 heterocycles. The fourth-order valence-electron chi connectivity index (χ4n) is 4.62. The summed E-state index contributed by atoms with van der Waals surface area (Å²) in [6, 6.07) is 20.8. The van der Waals surface area contributed by atoms with E-state index >= 15 is 0 Å². The predicted molar refractivity (Wildman–Crippen MR) is 126 cm³/mol. The van der Waals surface area contributed by atoms with Crippen LogP contribution in [0.1, 0.15) is 23.2 Å². The first-order valence-corrected chi connectivity index (χ1v) is 11.2. The molecule has 1 atom stereocenters. The van der Waals surface area contributed by atoms with Crippen LogP contribution in [0.25, 0.3) is 10.8 Å². The van der Waals surface area contributed by atoms with E-state index < -0.39 is 6.09 Å². The molecule has 2 saturated heterocycles. The van der Waals surface area contributed by atoms with Crippen molar-refractivity contribution in [2.24, 2.45) is 5.92 Å². The maximum absolute atomic E-state index is 13.3. The molecule has 0 saturated carbocycles. The summed E-state index contributed by atoms with van der Waals surface area (Å²) in [5.41, 5.74) is 1.85. The molecule has 0 bridgehead atoms. The molecule has 0 spiro atoms. The number of cyclic esters (lactones) is 1. The molecule has 7 nitrogen and oxygen atoms in total. The van der Waals surface area contributed by atoms with Crippen molar-refractivity contribution in [3.05, 3.63) is 72.3 Å². The number of benzene rings is 3. The third-order valence-corrected chi connectivity index (χ3v) is 6.31. The molecule has 2 aliphatic heterocycles. The Hall–Kier alpha value is -3.87. The lowest BCUT2D eigenvalue weighted by Crippen LogP contribution is -2.44. The number of anilines is 2. The first kappa shape index (κ1) is 21.0. The minimum atomic E-state index is -0.416. The van der Waals surface area contributed by atoms with Crippen molar-refractivity contribution in [1.29, 1.82) is 0 Å². The van der Waals surface area contributed by atoms with Gasteiger partial charge in [0.25, 0.3) is 5.91 Å². The van der Waals surface area contributed by atoms with Gasteiger partial charge in [-0.25, -0.2) is 4.79 Å². The Bertz CT molecular complexity index is 1220. The van der Waals surface area contributed by atoms with Gasteiger partial charge in [0.2, 0.25) is 5.91 Å². The zero-order valence-corrected chi connectivity index (χ0v) is 18.2. The number of nitrogens with one attached hydrogen (secondary N) is 1. The lowest BCUT2D eigenvalue weighted by Gasteiger charge is -2.32. The molecule has 5 rings (SSSR count). The second kappa shape index (κ2) is 8.94. The van der Waals surface area contributed by atoms with Crippen LogP contribution in [0.4, 0.5) is 16.2 Å². The third kappa shape index (κ3) is 4.14. The maximum Gasteiger partial charge on any atom is 0.414 e. The minimum absolute atomic E-state index is 0.0514. The highest BCUT2D eigenvalue weighted by atomic mass is 16.6. The number of hydrogen-bond acceptors (Lipinski definition) is 4. The summed E-state index contributed by atoms with van der Waals surface area (Å²) >= 11 is 0. The third-order valence-electron chi connectivity index (χ3n) is 6.31. The van der Waals surface area contributed by atoms with Crippen LogP contribution in [0.3, 0.4) is 0 Å². The summed E-state index contributed by atoms with van der Waals surface area (Å²) in [7, 11) is 0. The molecule has 2 fully saturated rings. The van der Waals surface area contributed by atoms with Crippen LogP contribution in [0.15, 0.2) is 66.7 Å². The smallest absolute Gasteiger partial charge is 0.414 e. The lowest BCUT2D eigenvalue weighted by molar-refractivity contribution is -0.121. The molecule has 2 aliphatic rings. The van der Waals surface area contributed by atoms with E-state index in [1.54, 1.807) is 17.0 Å². The summed E-state index contributed by atoms with van der Waals surface area (Å²) in [5.74, 6) is -0.522. The first-order chi connectivity index (χ1) is 16.1. The van der Waals surface area contributed by atoms with E-state index in [1.165, 1.54) is 4.90 Å². The molecule has 33 heavy (non-hydrogen) atoms. The Kier molecular flexibility index (Phi) is 5.69. The Labute approximate surface area is 191 Å². The molecule has 3 aromatic carbocycles. The molecule has 1 N–H and O–H groups in total. The van der Waals surface area contributed by atoms with Gasteiger partial charge in [-0.05, 0) is 41.8 Å². The van der Waals surface area contributed by atoms with Crippen LogP contribution >= 0.6 is 0 Å². The summed E-state index contributed by atoms with van der Waals surface area (Å²) in [6.07, 6.45) is 1.05. The minimum Gasteiger partial charge on any atom is -0.447 e. The molecular weight excluding hydrogens is 418 g/mol. The second-order valence-corrected chi connectivity index (χ2v) is 8.39. The summed E-state index contributed by atoms with van der Waals surface area (Å²) < 4.78 is 5.04. The number of para-hydroxylation sites is 2. The summed E-state index contributed by atoms with van der Waals surface area (Å²) in [6.45, 7) is 1.77. The summed E-state index contributed by atoms with van der Waals surface area (Å²) in [5, 5.41) is 4.92. The number of nitrogens with zero attached hydrogens (tertiary/aromatic N) is 2. The largest absolute Gasteiger partial charge is 0.447 e. The molecular formula is C26H25N3O4. The highest BCUT2D eigenvalue weighted by Crippen LogP contribution is 2.30. The van der Waals surface area contributed by atoms with Gasteiger partial charge >= 0.3 is 6.09 Å². The predicted octanol–water partition coefficient (Wildman–Crippen LogP) is 4.29. The summed E-state index contributed by atoms with van der Waals surface area (Å²) in [4.78, 5) is 41.8. The highest BCUT2D eigenvalue weighted by molar-refractivity contribution is 6.07. The van der Waals surface area contributed by atoms with Gasteiger partial charge in [-0.15, -0.1) is 0 Å². The first-order valence-electron chi connectivity index (χ1n) is 11.2. The Morgan fingerprint density at radius 3 is 2.58 bits per heavy atom. The number of likely N-dealkylation sites (tertiary alicyclic amines) is 1. The van der Waals surface area contributed by atoms with Gasteiger partial charge in [-0.1, -0.05) is 48.5 Å². The molecule has 0 aliphatic carbocycles. The molecule has 0 radical (unpaired) electrons. The van der Waals surface area contributed by atoms with Crippen LogP contribution in [-0.2, 0) is 9.53 Å². The maximum atomic E-state index is 13.3. The van der Waals surface area contributed by atoms with Crippen LogP contribution in [0.2, 0.25) is 0 Å². The molecule has 3 amide bonds. The normalized spacial score (nSPS) is 18.3. The van der Waals surface area contributed by atoms with Gasteiger partial charge in [0.1, 0.15) is 6.61 Å². The van der Waals surface area contributed by atoms with E-state index in [2.05, 4.69) is 5.32 Å². The number of amides is 3. The lowest BCUT2D eigenvalue weighted by atomic mass is 9.95. The van der Waals surface area contributed by atoms with Crippen molar-refractivity contribution in [2.75, 3.05) is 36.5 Å². The molecule has 1 unspecified atom stereocenters. The monoisotopic (exact) mass is 443 g/mol. The Morgan fingerprint density at radius 1 is 0.939 bits per heavy atom. The van der Waals surface area contributed by atoms with Gasteiger partial charge in [-0.2, -0.15) is 0 Å². The number of rotatable bonds is 4. The van der Waals surface area contributed by atoms with Crippen molar-refractivity contribution in [1.82, 2.24) is 4.90 Å². The van der Waals surface area contributed by atoms with Crippen LogP contribution in [-0.4, -0.2) is 49.0 Å². The standard InChI is InChI=1S/C26H25N3O4/c30-24(27-22-12-3-4-13-23(22)29-15-16-33-26(29)32)19-9-6-14-28(17-19)25(31)21-11-5-8-18-7-1-2-10-20(18)21/h1-5,7-8,10-13,19H,6,9,14-17H2,(H,27,30). The molecule has 3 aromatic rings. The number of piperidine rings is 1. The van der Waals surface area contributed by atoms with Crippen LogP contribution < -0.4 is 10.2 Å². The van der Waals surface area contributed by atoms with Gasteiger partial charge in [-0.3, -0.25) is 14.5 Å². The van der Waals surface area contributed by atoms with E-state index in [1.807, 2.05) is 54.6 Å². The average molecular weight is 444 g/mol. The van der Waals surface area contributed by atoms with Crippen LogP contribution in [0, 0.1) is 5.92 Å². The highest BCUT2D eigenvalue weighted by Gasteiger charge is 2.31. The van der Waals surface area contributed by atoms with Gasteiger partial charge in [0.05, 0.1) is 23.8 Å². The SMILES string of the molecule is O=C(Nc1ccccc1N1CCOC1=O)C1CCCN(C(=O)c2cccc3ccccc23)C1. The zero-order chi connectivity index (χ0) is 22.8. The second-order valence-electron chi connectivity index (χ2n) is 8.39. The fourth-order valence-corrected chi connectivity index (χ4v) is 4.62.